The Balaban J connectivity index is 1.35. The first-order valence-electron chi connectivity index (χ1n) is 10.8. The summed E-state index contributed by atoms with van der Waals surface area (Å²) in [5.74, 6) is 0.696. The summed E-state index contributed by atoms with van der Waals surface area (Å²) in [4.78, 5) is 16.3. The maximum atomic E-state index is 5.54. The van der Waals surface area contributed by atoms with Crippen LogP contribution in [0.2, 0.25) is 0 Å². The molecule has 0 unspecified atom stereocenters. The number of nitrogens with zero attached hydrogens (tertiary/aromatic N) is 4. The van der Waals surface area contributed by atoms with Crippen molar-refractivity contribution in [2.24, 2.45) is 0 Å². The van der Waals surface area contributed by atoms with Crippen molar-refractivity contribution in [2.75, 3.05) is 36.5 Å². The number of anilines is 3. The number of aromatic nitrogens is 3. The van der Waals surface area contributed by atoms with E-state index in [0.717, 1.165) is 54.3 Å². The number of rotatable bonds is 4. The van der Waals surface area contributed by atoms with Gasteiger partial charge in [0.15, 0.2) is 5.82 Å². The van der Waals surface area contributed by atoms with Crippen molar-refractivity contribution in [1.82, 2.24) is 15.0 Å². The largest absolute Gasteiger partial charge is 0.378 e. The minimum Gasteiger partial charge on any atom is -0.378 e. The van der Waals surface area contributed by atoms with Gasteiger partial charge in [0.2, 0.25) is 0 Å². The monoisotopic (exact) mass is 425 g/mol. The summed E-state index contributed by atoms with van der Waals surface area (Å²) in [5.41, 5.74) is 8.07. The van der Waals surface area contributed by atoms with Crippen molar-refractivity contribution in [3.8, 4) is 11.3 Å². The molecule has 32 heavy (non-hydrogen) atoms. The minimum absolute atomic E-state index is 0.647. The van der Waals surface area contributed by atoms with Crippen molar-refractivity contribution in [2.45, 2.75) is 13.2 Å². The molecule has 0 amide bonds. The fraction of sp³-hybridized carbons (Fsp3) is 0.240. The van der Waals surface area contributed by atoms with Gasteiger partial charge in [-0.2, -0.15) is 0 Å². The van der Waals surface area contributed by atoms with E-state index in [1.807, 2.05) is 6.07 Å². The first-order chi connectivity index (χ1) is 15.8. The summed E-state index contributed by atoms with van der Waals surface area (Å²) < 4.78 is 11.0. The Bertz CT molecular complexity index is 1270. The predicted molar refractivity (Wildman–Crippen MR) is 124 cm³/mol. The third kappa shape index (κ3) is 3.66. The van der Waals surface area contributed by atoms with Gasteiger partial charge in [0.1, 0.15) is 5.52 Å². The number of ether oxygens (including phenoxy) is 2. The fourth-order valence-corrected chi connectivity index (χ4v) is 4.26. The topological polar surface area (TPSA) is 72.4 Å². The zero-order chi connectivity index (χ0) is 21.3. The van der Waals surface area contributed by atoms with Gasteiger partial charge >= 0.3 is 0 Å². The average Bonchev–Trinajstić information content (AvgIpc) is 3.33. The smallest absolute Gasteiger partial charge is 0.159 e. The molecular formula is C25H23N5O2. The molecule has 2 aromatic carbocycles. The molecule has 4 aromatic rings. The van der Waals surface area contributed by atoms with E-state index in [2.05, 4.69) is 62.6 Å². The summed E-state index contributed by atoms with van der Waals surface area (Å²) in [7, 11) is 0. The van der Waals surface area contributed by atoms with Crippen LogP contribution in [0.1, 0.15) is 11.1 Å². The third-order valence-corrected chi connectivity index (χ3v) is 5.98. The van der Waals surface area contributed by atoms with Crippen LogP contribution in [0.15, 0.2) is 60.9 Å². The molecule has 1 fully saturated rings. The molecule has 4 heterocycles. The van der Waals surface area contributed by atoms with Crippen LogP contribution in [-0.4, -0.2) is 41.3 Å². The molecule has 2 aliphatic rings. The second-order valence-electron chi connectivity index (χ2n) is 8.03. The van der Waals surface area contributed by atoms with Crippen LogP contribution in [0.4, 0.5) is 17.2 Å². The number of morpholine rings is 1. The number of nitrogens with one attached hydrogen (secondary N) is 1. The van der Waals surface area contributed by atoms with E-state index < -0.39 is 0 Å². The first-order valence-corrected chi connectivity index (χ1v) is 10.8. The Morgan fingerprint density at radius 3 is 2.50 bits per heavy atom. The minimum atomic E-state index is 0.647. The molecule has 7 nitrogen and oxygen atoms in total. The van der Waals surface area contributed by atoms with Gasteiger partial charge < -0.3 is 19.7 Å². The average molecular weight is 425 g/mol. The van der Waals surface area contributed by atoms with Gasteiger partial charge in [-0.1, -0.05) is 18.2 Å². The van der Waals surface area contributed by atoms with E-state index in [9.17, 15) is 0 Å². The van der Waals surface area contributed by atoms with Crippen LogP contribution >= 0.6 is 0 Å². The molecule has 0 spiro atoms. The maximum Gasteiger partial charge on any atom is 0.159 e. The molecule has 160 valence electrons. The SMILES string of the molecule is c1cnc2c(Nc3ccc4c(c3)COC4)nc(-c3ccc(N4CCOCC4)cc3)cc2n1. The predicted octanol–water partition coefficient (Wildman–Crippen LogP) is 4.30. The second kappa shape index (κ2) is 8.18. The summed E-state index contributed by atoms with van der Waals surface area (Å²) in [6.07, 6.45) is 3.41. The Labute approximate surface area is 186 Å². The van der Waals surface area contributed by atoms with Gasteiger partial charge in [-0.15, -0.1) is 0 Å². The standard InChI is InChI=1S/C25H23N5O2/c1-4-20(13-19-16-32-15-18(1)19)28-25-24-23(26-7-8-27-24)14-22(29-25)17-2-5-21(6-3-17)30-9-11-31-12-10-30/h1-8,13-14H,9-12,15-16H2,(H,28,29). The van der Waals surface area contributed by atoms with Crippen molar-refractivity contribution in [3.05, 3.63) is 72.1 Å². The molecule has 6 rings (SSSR count). The van der Waals surface area contributed by atoms with E-state index in [0.29, 0.717) is 19.0 Å². The van der Waals surface area contributed by atoms with Crippen LogP contribution in [-0.2, 0) is 22.7 Å². The van der Waals surface area contributed by atoms with Crippen molar-refractivity contribution >= 4 is 28.2 Å². The Morgan fingerprint density at radius 2 is 1.62 bits per heavy atom. The number of hydrogen-bond acceptors (Lipinski definition) is 7. The molecule has 2 aliphatic heterocycles. The quantitative estimate of drug-likeness (QED) is 0.523. The maximum absolute atomic E-state index is 5.54. The third-order valence-electron chi connectivity index (χ3n) is 5.98. The van der Waals surface area contributed by atoms with E-state index in [-0.39, 0.29) is 0 Å². The zero-order valence-corrected chi connectivity index (χ0v) is 17.6. The zero-order valence-electron chi connectivity index (χ0n) is 17.6. The lowest BCUT2D eigenvalue weighted by atomic mass is 10.1. The van der Waals surface area contributed by atoms with Gasteiger partial charge in [-0.3, -0.25) is 4.98 Å². The van der Waals surface area contributed by atoms with Crippen molar-refractivity contribution < 1.29 is 9.47 Å². The highest BCUT2D eigenvalue weighted by atomic mass is 16.5. The summed E-state index contributed by atoms with van der Waals surface area (Å²) in [5, 5.41) is 3.46. The number of fused-ring (bicyclic) bond motifs is 2. The van der Waals surface area contributed by atoms with Gasteiger partial charge in [0, 0.05) is 42.4 Å². The highest BCUT2D eigenvalue weighted by Crippen LogP contribution is 2.30. The van der Waals surface area contributed by atoms with Crippen molar-refractivity contribution in [1.29, 1.82) is 0 Å². The van der Waals surface area contributed by atoms with E-state index in [1.54, 1.807) is 12.4 Å². The summed E-state index contributed by atoms with van der Waals surface area (Å²) in [6, 6.07) is 16.8. The van der Waals surface area contributed by atoms with Gasteiger partial charge in [0.05, 0.1) is 37.6 Å². The molecule has 1 N–H and O–H groups in total. The van der Waals surface area contributed by atoms with E-state index in [1.165, 1.54) is 16.8 Å². The van der Waals surface area contributed by atoms with Crippen LogP contribution in [0.25, 0.3) is 22.3 Å². The Hall–Kier alpha value is -3.55. The van der Waals surface area contributed by atoms with Crippen LogP contribution in [0.3, 0.4) is 0 Å². The van der Waals surface area contributed by atoms with E-state index >= 15 is 0 Å². The van der Waals surface area contributed by atoms with Gasteiger partial charge in [-0.05, 0) is 41.5 Å². The Morgan fingerprint density at radius 1 is 0.812 bits per heavy atom. The van der Waals surface area contributed by atoms with Crippen LogP contribution in [0, 0.1) is 0 Å². The molecule has 0 radical (unpaired) electrons. The Kier molecular flexibility index (Phi) is 4.90. The van der Waals surface area contributed by atoms with Crippen molar-refractivity contribution in [3.63, 3.8) is 0 Å². The molecule has 1 saturated heterocycles. The lowest BCUT2D eigenvalue weighted by Gasteiger charge is -2.28. The van der Waals surface area contributed by atoms with Gasteiger partial charge in [0.25, 0.3) is 0 Å². The second-order valence-corrected chi connectivity index (χ2v) is 8.03. The lowest BCUT2D eigenvalue weighted by Crippen LogP contribution is -2.36. The number of pyridine rings is 1. The van der Waals surface area contributed by atoms with E-state index in [4.69, 9.17) is 14.5 Å². The molecule has 0 atom stereocenters. The van der Waals surface area contributed by atoms with Crippen LogP contribution < -0.4 is 10.2 Å². The summed E-state index contributed by atoms with van der Waals surface area (Å²) in [6.45, 7) is 4.71. The fourth-order valence-electron chi connectivity index (χ4n) is 4.26. The molecule has 7 heteroatoms. The van der Waals surface area contributed by atoms with Crippen LogP contribution in [0.5, 0.6) is 0 Å². The first kappa shape index (κ1) is 19.2. The highest BCUT2D eigenvalue weighted by molar-refractivity contribution is 5.90. The number of hydrogen-bond donors (Lipinski definition) is 1. The molecule has 0 bridgehead atoms. The molecular weight excluding hydrogens is 402 g/mol. The van der Waals surface area contributed by atoms with Gasteiger partial charge in [-0.25, -0.2) is 9.97 Å². The molecule has 2 aromatic heterocycles. The summed E-state index contributed by atoms with van der Waals surface area (Å²) >= 11 is 0. The lowest BCUT2D eigenvalue weighted by molar-refractivity contribution is 0.122. The normalized spacial score (nSPS) is 15.7. The molecule has 0 saturated carbocycles. The molecule has 0 aliphatic carbocycles. The highest BCUT2D eigenvalue weighted by Gasteiger charge is 2.15. The number of benzene rings is 2.